The van der Waals surface area contributed by atoms with E-state index in [2.05, 4.69) is 27.4 Å². The summed E-state index contributed by atoms with van der Waals surface area (Å²) in [5.41, 5.74) is 6.38. The maximum atomic E-state index is 12.4. The quantitative estimate of drug-likeness (QED) is 0.684. The molecular weight excluding hydrogens is 314 g/mol. The van der Waals surface area contributed by atoms with Gasteiger partial charge >= 0.3 is 0 Å². The van der Waals surface area contributed by atoms with Crippen molar-refractivity contribution in [3.8, 4) is 0 Å². The van der Waals surface area contributed by atoms with Crippen LogP contribution in [0.2, 0.25) is 0 Å². The Labute approximate surface area is 146 Å². The molecule has 0 aliphatic carbocycles. The van der Waals surface area contributed by atoms with Crippen molar-refractivity contribution in [2.24, 2.45) is 0 Å². The van der Waals surface area contributed by atoms with Crippen LogP contribution >= 0.6 is 0 Å². The molecule has 2 heterocycles. The summed E-state index contributed by atoms with van der Waals surface area (Å²) in [6.07, 6.45) is 0.290. The molecule has 0 aliphatic heterocycles. The molecule has 5 nitrogen and oxygen atoms in total. The molecule has 0 saturated carbocycles. The van der Waals surface area contributed by atoms with Gasteiger partial charge in [0.05, 0.1) is 6.42 Å². The third kappa shape index (κ3) is 3.50. The maximum Gasteiger partial charge on any atom is 0.253 e. The lowest BCUT2D eigenvalue weighted by molar-refractivity contribution is -0.120. The van der Waals surface area contributed by atoms with Crippen molar-refractivity contribution in [1.82, 2.24) is 15.3 Å². The minimum Gasteiger partial charge on any atom is -0.358 e. The van der Waals surface area contributed by atoms with E-state index in [9.17, 15) is 9.59 Å². The molecule has 3 N–H and O–H groups in total. The third-order valence-electron chi connectivity index (χ3n) is 4.57. The Kier molecular flexibility index (Phi) is 4.49. The van der Waals surface area contributed by atoms with Crippen molar-refractivity contribution >= 4 is 16.8 Å². The lowest BCUT2D eigenvalue weighted by Crippen LogP contribution is -2.29. The number of carbonyl (C=O) groups is 1. The molecule has 3 aromatic rings. The molecule has 0 bridgehead atoms. The number of hydrogen-bond acceptors (Lipinski definition) is 2. The van der Waals surface area contributed by atoms with E-state index in [1.54, 1.807) is 0 Å². The van der Waals surface area contributed by atoms with Gasteiger partial charge in [-0.2, -0.15) is 0 Å². The first-order valence-corrected chi connectivity index (χ1v) is 8.39. The summed E-state index contributed by atoms with van der Waals surface area (Å²) >= 11 is 0. The van der Waals surface area contributed by atoms with Gasteiger partial charge in [-0.3, -0.25) is 9.59 Å². The zero-order valence-electron chi connectivity index (χ0n) is 15.0. The molecule has 130 valence electrons. The highest BCUT2D eigenvalue weighted by Gasteiger charge is 2.13. The predicted octanol–water partition coefficient (Wildman–Crippen LogP) is 2.95. The summed E-state index contributed by atoms with van der Waals surface area (Å²) in [5.74, 6) is -0.0927. The number of benzene rings is 1. The number of fused-ring (bicyclic) bond motifs is 1. The fourth-order valence-electron chi connectivity index (χ4n) is 3.24. The van der Waals surface area contributed by atoms with Crippen LogP contribution in [-0.2, 0) is 17.8 Å². The van der Waals surface area contributed by atoms with E-state index in [0.717, 1.165) is 39.0 Å². The van der Waals surface area contributed by atoms with Crippen LogP contribution in [0.15, 0.2) is 29.1 Å². The molecule has 0 fully saturated rings. The van der Waals surface area contributed by atoms with E-state index in [-0.39, 0.29) is 24.4 Å². The van der Waals surface area contributed by atoms with E-state index in [4.69, 9.17) is 0 Å². The van der Waals surface area contributed by atoms with Crippen molar-refractivity contribution in [2.75, 3.05) is 0 Å². The largest absolute Gasteiger partial charge is 0.358 e. The number of pyridine rings is 1. The zero-order valence-corrected chi connectivity index (χ0v) is 15.0. The monoisotopic (exact) mass is 337 g/mol. The topological polar surface area (TPSA) is 77.8 Å². The number of aromatic nitrogens is 2. The summed E-state index contributed by atoms with van der Waals surface area (Å²) in [4.78, 5) is 30.6. The van der Waals surface area contributed by atoms with Crippen molar-refractivity contribution in [3.05, 3.63) is 68.3 Å². The van der Waals surface area contributed by atoms with Crippen LogP contribution in [0.1, 0.15) is 33.6 Å². The third-order valence-corrected chi connectivity index (χ3v) is 4.57. The Morgan fingerprint density at radius 1 is 1.04 bits per heavy atom. The van der Waals surface area contributed by atoms with Crippen molar-refractivity contribution in [1.29, 1.82) is 0 Å². The Balaban J connectivity index is 1.77. The summed E-state index contributed by atoms with van der Waals surface area (Å²) in [7, 11) is 0. The number of nitrogens with one attached hydrogen (secondary N) is 3. The Morgan fingerprint density at radius 2 is 1.80 bits per heavy atom. The Morgan fingerprint density at radius 3 is 2.52 bits per heavy atom. The molecule has 1 aromatic carbocycles. The van der Waals surface area contributed by atoms with E-state index >= 15 is 0 Å². The van der Waals surface area contributed by atoms with Gasteiger partial charge in [-0.05, 0) is 57.0 Å². The first kappa shape index (κ1) is 17.0. The molecule has 0 spiro atoms. The van der Waals surface area contributed by atoms with Gasteiger partial charge in [0, 0.05) is 34.4 Å². The molecule has 5 heteroatoms. The van der Waals surface area contributed by atoms with E-state index < -0.39 is 0 Å². The molecular formula is C20H23N3O2. The number of rotatable bonds is 4. The van der Waals surface area contributed by atoms with Gasteiger partial charge in [0.15, 0.2) is 0 Å². The van der Waals surface area contributed by atoms with Crippen molar-refractivity contribution in [2.45, 2.75) is 40.7 Å². The lowest BCUT2D eigenvalue weighted by Gasteiger charge is -2.08. The van der Waals surface area contributed by atoms with Crippen LogP contribution in [0.25, 0.3) is 10.9 Å². The number of amides is 1. The fourth-order valence-corrected chi connectivity index (χ4v) is 3.24. The maximum absolute atomic E-state index is 12.4. The lowest BCUT2D eigenvalue weighted by atomic mass is 10.1. The van der Waals surface area contributed by atoms with E-state index in [1.165, 1.54) is 0 Å². The zero-order chi connectivity index (χ0) is 18.1. The molecule has 0 atom stereocenters. The van der Waals surface area contributed by atoms with Gasteiger partial charge in [-0.15, -0.1) is 0 Å². The summed E-state index contributed by atoms with van der Waals surface area (Å²) < 4.78 is 0. The molecule has 3 rings (SSSR count). The van der Waals surface area contributed by atoms with Gasteiger partial charge in [0.1, 0.15) is 0 Å². The summed E-state index contributed by atoms with van der Waals surface area (Å²) in [6, 6.07) is 8.09. The second-order valence-corrected chi connectivity index (χ2v) is 6.67. The van der Waals surface area contributed by atoms with Crippen LogP contribution in [0, 0.1) is 27.7 Å². The van der Waals surface area contributed by atoms with Crippen LogP contribution in [0.5, 0.6) is 0 Å². The Bertz CT molecular complexity index is 1010. The molecule has 25 heavy (non-hydrogen) atoms. The number of hydrogen-bond donors (Lipinski definition) is 3. The molecule has 0 unspecified atom stereocenters. The molecule has 0 radical (unpaired) electrons. The predicted molar refractivity (Wildman–Crippen MR) is 99.9 cm³/mol. The van der Waals surface area contributed by atoms with Crippen LogP contribution < -0.4 is 10.9 Å². The van der Waals surface area contributed by atoms with Crippen molar-refractivity contribution < 1.29 is 4.79 Å². The fraction of sp³-hybridized carbons (Fsp3) is 0.300. The number of aromatic amines is 2. The molecule has 2 aromatic heterocycles. The SMILES string of the molecule is Cc1ccc2[nH]c(C)c(CC(=O)NCc3c(C)cc(C)[nH]c3=O)c2c1. The van der Waals surface area contributed by atoms with Crippen LogP contribution in [0.4, 0.5) is 0 Å². The van der Waals surface area contributed by atoms with E-state index in [1.807, 2.05) is 39.8 Å². The highest BCUT2D eigenvalue weighted by Crippen LogP contribution is 2.23. The Hall–Kier alpha value is -2.82. The minimum absolute atomic E-state index is 0.0927. The second kappa shape index (κ2) is 6.59. The smallest absolute Gasteiger partial charge is 0.253 e. The second-order valence-electron chi connectivity index (χ2n) is 6.67. The van der Waals surface area contributed by atoms with Gasteiger partial charge in [0.25, 0.3) is 5.56 Å². The molecule has 0 aliphatic rings. The minimum atomic E-state index is -0.142. The summed E-state index contributed by atoms with van der Waals surface area (Å²) in [6.45, 7) is 7.99. The van der Waals surface area contributed by atoms with E-state index in [0.29, 0.717) is 5.56 Å². The van der Waals surface area contributed by atoms with Gasteiger partial charge in [-0.25, -0.2) is 0 Å². The summed E-state index contributed by atoms with van der Waals surface area (Å²) in [5, 5.41) is 3.95. The van der Waals surface area contributed by atoms with Gasteiger partial charge < -0.3 is 15.3 Å². The normalized spacial score (nSPS) is 11.0. The highest BCUT2D eigenvalue weighted by atomic mass is 16.1. The standard InChI is InChI=1S/C20H23N3O2/c1-11-5-6-18-16(7-11)15(14(4)23-18)9-19(24)21-10-17-12(2)8-13(3)22-20(17)25/h5-8,23H,9-10H2,1-4H3,(H,21,24)(H,22,25). The molecule has 1 amide bonds. The van der Waals surface area contributed by atoms with Gasteiger partial charge in [0.2, 0.25) is 5.91 Å². The van der Waals surface area contributed by atoms with Crippen LogP contribution in [0.3, 0.4) is 0 Å². The van der Waals surface area contributed by atoms with Crippen LogP contribution in [-0.4, -0.2) is 15.9 Å². The average molecular weight is 337 g/mol. The average Bonchev–Trinajstić information content (AvgIpc) is 2.82. The highest BCUT2D eigenvalue weighted by molar-refractivity contribution is 5.90. The number of aryl methyl sites for hydroxylation is 4. The first-order valence-electron chi connectivity index (χ1n) is 8.39. The molecule has 0 saturated heterocycles. The number of H-pyrrole nitrogens is 2. The number of carbonyl (C=O) groups excluding carboxylic acids is 1. The van der Waals surface area contributed by atoms with Crippen molar-refractivity contribution in [3.63, 3.8) is 0 Å². The first-order chi connectivity index (χ1) is 11.8. The van der Waals surface area contributed by atoms with Gasteiger partial charge in [-0.1, -0.05) is 11.6 Å².